The lowest BCUT2D eigenvalue weighted by Crippen LogP contribution is -2.51. The van der Waals surface area contributed by atoms with Crippen LogP contribution in [-0.4, -0.2) is 47.4 Å². The summed E-state index contributed by atoms with van der Waals surface area (Å²) in [6.45, 7) is 2.70. The average molecular weight is 268 g/mol. The molecule has 0 bridgehead atoms. The normalized spacial score (nSPS) is 27.6. The van der Waals surface area contributed by atoms with Crippen LogP contribution >= 0.6 is 0 Å². The van der Waals surface area contributed by atoms with Crippen molar-refractivity contribution in [3.63, 3.8) is 0 Å². The van der Waals surface area contributed by atoms with Gasteiger partial charge in [-0.2, -0.15) is 0 Å². The molecule has 1 unspecified atom stereocenters. The Hall–Kier alpha value is -1.63. The van der Waals surface area contributed by atoms with Crippen LogP contribution in [0.15, 0.2) is 0 Å². The summed E-state index contributed by atoms with van der Waals surface area (Å²) in [7, 11) is 0. The second kappa shape index (κ2) is 5.16. The van der Waals surface area contributed by atoms with E-state index in [9.17, 15) is 14.4 Å². The van der Waals surface area contributed by atoms with Crippen LogP contribution in [0.2, 0.25) is 0 Å². The zero-order valence-electron chi connectivity index (χ0n) is 11.1. The highest BCUT2D eigenvalue weighted by atomic mass is 16.2. The Kier molecular flexibility index (Phi) is 3.75. The number of carbonyl (C=O) groups excluding carboxylic acids is 3. The second-order valence-corrected chi connectivity index (χ2v) is 5.25. The Bertz CT molecular complexity index is 412. The van der Waals surface area contributed by atoms with Crippen LogP contribution in [0.3, 0.4) is 0 Å². The summed E-state index contributed by atoms with van der Waals surface area (Å²) in [5.41, 5.74) is 4.91. The highest BCUT2D eigenvalue weighted by Crippen LogP contribution is 2.25. The van der Waals surface area contributed by atoms with Crippen LogP contribution in [-0.2, 0) is 9.59 Å². The van der Waals surface area contributed by atoms with Gasteiger partial charge in [0, 0.05) is 6.54 Å². The van der Waals surface area contributed by atoms with Crippen LogP contribution in [0.5, 0.6) is 0 Å². The number of nitrogens with zero attached hydrogens (tertiary/aromatic N) is 1. The third-order valence-corrected chi connectivity index (χ3v) is 3.78. The van der Waals surface area contributed by atoms with Gasteiger partial charge in [-0.15, -0.1) is 0 Å². The third kappa shape index (κ3) is 2.56. The van der Waals surface area contributed by atoms with Crippen molar-refractivity contribution in [2.75, 3.05) is 13.1 Å². The molecule has 0 aromatic heterocycles. The van der Waals surface area contributed by atoms with E-state index in [1.165, 1.54) is 0 Å². The molecule has 2 rings (SSSR count). The van der Waals surface area contributed by atoms with E-state index in [0.29, 0.717) is 19.4 Å². The van der Waals surface area contributed by atoms with Gasteiger partial charge in [0.15, 0.2) is 0 Å². The largest absolute Gasteiger partial charge is 0.338 e. The van der Waals surface area contributed by atoms with Gasteiger partial charge in [-0.3, -0.25) is 14.9 Å². The fraction of sp³-hybridized carbons (Fsp3) is 0.750. The van der Waals surface area contributed by atoms with E-state index in [1.807, 2.05) is 6.92 Å². The number of urea groups is 1. The van der Waals surface area contributed by atoms with Crippen LogP contribution in [0, 0.1) is 0 Å². The number of nitrogens with one attached hydrogen (secondary N) is 2. The lowest BCUT2D eigenvalue weighted by atomic mass is 9.99. The van der Waals surface area contributed by atoms with Gasteiger partial charge in [0.1, 0.15) is 5.54 Å². The van der Waals surface area contributed by atoms with Crippen molar-refractivity contribution in [3.8, 4) is 0 Å². The topological polar surface area (TPSA) is 105 Å². The van der Waals surface area contributed by atoms with Crippen molar-refractivity contribution < 1.29 is 14.4 Å². The summed E-state index contributed by atoms with van der Waals surface area (Å²) >= 11 is 0. The van der Waals surface area contributed by atoms with Gasteiger partial charge < -0.3 is 16.0 Å². The van der Waals surface area contributed by atoms with Crippen molar-refractivity contribution in [1.29, 1.82) is 0 Å². The molecule has 106 valence electrons. The molecule has 2 fully saturated rings. The maximum Gasteiger partial charge on any atom is 0.322 e. The van der Waals surface area contributed by atoms with Gasteiger partial charge >= 0.3 is 6.03 Å². The van der Waals surface area contributed by atoms with Crippen LogP contribution in [0.1, 0.15) is 32.6 Å². The van der Waals surface area contributed by atoms with E-state index in [4.69, 9.17) is 5.73 Å². The maximum absolute atomic E-state index is 12.1. The Morgan fingerprint density at radius 1 is 1.53 bits per heavy atom. The molecular weight excluding hydrogens is 248 g/mol. The minimum atomic E-state index is -0.947. The standard InChI is InChI=1S/C12H20N4O3/c1-2-3-4-8(13)9(17)16-6-5-12(7-16)10(18)14-11(19)15-12/h8H,2-7,13H2,1H3,(H2,14,15,18,19)/t8-,12?/m0/s1. The summed E-state index contributed by atoms with van der Waals surface area (Å²) in [5.74, 6) is -0.491. The Labute approximate surface area is 111 Å². The molecule has 0 aliphatic carbocycles. The van der Waals surface area contributed by atoms with Crippen molar-refractivity contribution >= 4 is 17.8 Å². The van der Waals surface area contributed by atoms with E-state index in [0.717, 1.165) is 12.8 Å². The second-order valence-electron chi connectivity index (χ2n) is 5.25. The highest BCUT2D eigenvalue weighted by molar-refractivity contribution is 6.07. The number of nitrogens with two attached hydrogens (primary N) is 1. The quantitative estimate of drug-likeness (QED) is 0.587. The predicted octanol–water partition coefficient (Wildman–Crippen LogP) is -0.686. The number of unbranched alkanes of at least 4 members (excludes halogenated alkanes) is 1. The van der Waals surface area contributed by atoms with Crippen molar-refractivity contribution in [1.82, 2.24) is 15.5 Å². The first kappa shape index (κ1) is 13.8. The molecule has 2 aliphatic heterocycles. The molecule has 0 saturated carbocycles. The van der Waals surface area contributed by atoms with Crippen molar-refractivity contribution in [2.24, 2.45) is 5.73 Å². The van der Waals surface area contributed by atoms with Gasteiger partial charge in [0.25, 0.3) is 5.91 Å². The molecule has 7 heteroatoms. The van der Waals surface area contributed by atoms with Crippen molar-refractivity contribution in [3.05, 3.63) is 0 Å². The number of hydrogen-bond acceptors (Lipinski definition) is 4. The number of amides is 4. The Morgan fingerprint density at radius 2 is 2.26 bits per heavy atom. The molecule has 2 aliphatic rings. The van der Waals surface area contributed by atoms with Gasteiger partial charge in [0.2, 0.25) is 5.91 Å². The summed E-state index contributed by atoms with van der Waals surface area (Å²) in [6, 6.07) is -1.01. The van der Waals surface area contributed by atoms with E-state index in [2.05, 4.69) is 10.6 Å². The predicted molar refractivity (Wildman–Crippen MR) is 68.1 cm³/mol. The monoisotopic (exact) mass is 268 g/mol. The first-order valence-electron chi connectivity index (χ1n) is 6.66. The molecule has 2 saturated heterocycles. The average Bonchev–Trinajstić information content (AvgIpc) is 2.91. The van der Waals surface area contributed by atoms with Crippen molar-refractivity contribution in [2.45, 2.75) is 44.2 Å². The minimum Gasteiger partial charge on any atom is -0.338 e. The molecule has 19 heavy (non-hydrogen) atoms. The summed E-state index contributed by atoms with van der Waals surface area (Å²) < 4.78 is 0. The first-order chi connectivity index (χ1) is 8.98. The Balaban J connectivity index is 1.96. The number of likely N-dealkylation sites (tertiary alicyclic amines) is 1. The SMILES string of the molecule is CCCC[C@H](N)C(=O)N1CCC2(C1)NC(=O)NC2=O. The lowest BCUT2D eigenvalue weighted by Gasteiger charge is -2.23. The lowest BCUT2D eigenvalue weighted by molar-refractivity contribution is -0.132. The van der Waals surface area contributed by atoms with Gasteiger partial charge in [-0.25, -0.2) is 4.79 Å². The molecule has 7 nitrogen and oxygen atoms in total. The summed E-state index contributed by atoms with van der Waals surface area (Å²) in [4.78, 5) is 36.7. The molecule has 1 spiro atoms. The van der Waals surface area contributed by atoms with E-state index >= 15 is 0 Å². The first-order valence-corrected chi connectivity index (χ1v) is 6.66. The van der Waals surface area contributed by atoms with Gasteiger partial charge in [-0.05, 0) is 12.8 Å². The number of carbonyl (C=O) groups is 3. The molecule has 2 atom stereocenters. The minimum absolute atomic E-state index is 0.140. The van der Waals surface area contributed by atoms with E-state index in [1.54, 1.807) is 4.90 Å². The third-order valence-electron chi connectivity index (χ3n) is 3.78. The highest BCUT2D eigenvalue weighted by Gasteiger charge is 2.51. The summed E-state index contributed by atoms with van der Waals surface area (Å²) in [6.07, 6.45) is 2.99. The van der Waals surface area contributed by atoms with Gasteiger partial charge in [0.05, 0.1) is 12.6 Å². The molecule has 0 aromatic rings. The number of rotatable bonds is 4. The number of imide groups is 1. The zero-order valence-corrected chi connectivity index (χ0v) is 11.1. The van der Waals surface area contributed by atoms with Gasteiger partial charge in [-0.1, -0.05) is 19.8 Å². The van der Waals surface area contributed by atoms with E-state index < -0.39 is 17.6 Å². The van der Waals surface area contributed by atoms with E-state index in [-0.39, 0.29) is 18.4 Å². The molecule has 0 radical (unpaired) electrons. The fourth-order valence-corrected chi connectivity index (χ4v) is 2.60. The molecule has 2 heterocycles. The van der Waals surface area contributed by atoms with Crippen LogP contribution in [0.4, 0.5) is 4.79 Å². The smallest absolute Gasteiger partial charge is 0.322 e. The molecule has 0 aromatic carbocycles. The maximum atomic E-state index is 12.1. The molecule has 4 N–H and O–H groups in total. The van der Waals surface area contributed by atoms with Crippen LogP contribution in [0.25, 0.3) is 0 Å². The number of hydrogen-bond donors (Lipinski definition) is 3. The fourth-order valence-electron chi connectivity index (χ4n) is 2.60. The summed E-state index contributed by atoms with van der Waals surface area (Å²) in [5, 5.41) is 4.83. The van der Waals surface area contributed by atoms with Crippen LogP contribution < -0.4 is 16.4 Å². The molecule has 4 amide bonds. The Morgan fingerprint density at radius 3 is 2.84 bits per heavy atom. The molecular formula is C12H20N4O3. The zero-order chi connectivity index (χ0) is 14.0.